The second-order valence-corrected chi connectivity index (χ2v) is 4.00. The van der Waals surface area contributed by atoms with Crippen LogP contribution in [0.2, 0.25) is 0 Å². The molecule has 0 atom stereocenters. The summed E-state index contributed by atoms with van der Waals surface area (Å²) in [6, 6.07) is 10.4. The summed E-state index contributed by atoms with van der Waals surface area (Å²) in [5.41, 5.74) is 0.203. The number of Topliss-reactive ketones (excluding diaryl/α,β-unsaturated/α-hetero) is 1. The number of carbonyl (C=O) groups is 2. The Labute approximate surface area is 103 Å². The molecule has 0 amide bonds. The van der Waals surface area contributed by atoms with Crippen molar-refractivity contribution in [2.45, 2.75) is 12.8 Å². The van der Waals surface area contributed by atoms with E-state index in [1.54, 1.807) is 18.2 Å². The molecule has 4 heteroatoms. The van der Waals surface area contributed by atoms with Gasteiger partial charge in [-0.3, -0.25) is 9.59 Å². The summed E-state index contributed by atoms with van der Waals surface area (Å²) in [4.78, 5) is 22.4. The molecule has 92 valence electrons. The van der Waals surface area contributed by atoms with Crippen LogP contribution in [-0.2, 0) is 4.79 Å². The molecule has 0 unspecified atom stereocenters. The SMILES string of the molecule is O=C(O)CCC(=O)c1c(O)ccc2ccccc12. The van der Waals surface area contributed by atoms with Gasteiger partial charge >= 0.3 is 5.97 Å². The van der Waals surface area contributed by atoms with Crippen molar-refractivity contribution in [2.24, 2.45) is 0 Å². The Morgan fingerprint density at radius 2 is 1.72 bits per heavy atom. The van der Waals surface area contributed by atoms with E-state index in [1.165, 1.54) is 6.07 Å². The number of rotatable bonds is 4. The van der Waals surface area contributed by atoms with Crippen molar-refractivity contribution in [2.75, 3.05) is 0 Å². The van der Waals surface area contributed by atoms with Crippen LogP contribution in [0, 0.1) is 0 Å². The van der Waals surface area contributed by atoms with Crippen molar-refractivity contribution in [3.8, 4) is 5.75 Å². The summed E-state index contributed by atoms with van der Waals surface area (Å²) in [7, 11) is 0. The summed E-state index contributed by atoms with van der Waals surface area (Å²) in [5, 5.41) is 19.8. The maximum Gasteiger partial charge on any atom is 0.303 e. The molecule has 18 heavy (non-hydrogen) atoms. The molecule has 0 heterocycles. The molecule has 4 nitrogen and oxygen atoms in total. The molecule has 2 rings (SSSR count). The van der Waals surface area contributed by atoms with E-state index in [9.17, 15) is 14.7 Å². The van der Waals surface area contributed by atoms with Crippen LogP contribution in [0.15, 0.2) is 36.4 Å². The molecule has 0 saturated carbocycles. The van der Waals surface area contributed by atoms with Crippen LogP contribution in [0.5, 0.6) is 5.75 Å². The van der Waals surface area contributed by atoms with E-state index in [1.807, 2.05) is 12.1 Å². The van der Waals surface area contributed by atoms with Crippen LogP contribution >= 0.6 is 0 Å². The maximum atomic E-state index is 12.0. The molecule has 0 spiro atoms. The van der Waals surface area contributed by atoms with Gasteiger partial charge in [-0.25, -0.2) is 0 Å². The fraction of sp³-hybridized carbons (Fsp3) is 0.143. The van der Waals surface area contributed by atoms with Gasteiger partial charge in [-0.2, -0.15) is 0 Å². The largest absolute Gasteiger partial charge is 0.507 e. The van der Waals surface area contributed by atoms with Gasteiger partial charge in [0, 0.05) is 6.42 Å². The van der Waals surface area contributed by atoms with Crippen LogP contribution in [0.25, 0.3) is 10.8 Å². The van der Waals surface area contributed by atoms with Crippen molar-refractivity contribution >= 4 is 22.5 Å². The average molecular weight is 244 g/mol. The second-order valence-electron chi connectivity index (χ2n) is 4.00. The first-order valence-corrected chi connectivity index (χ1v) is 5.55. The lowest BCUT2D eigenvalue weighted by molar-refractivity contribution is -0.136. The summed E-state index contributed by atoms with van der Waals surface area (Å²) < 4.78 is 0. The van der Waals surface area contributed by atoms with Crippen LogP contribution in [0.1, 0.15) is 23.2 Å². The third-order valence-corrected chi connectivity index (χ3v) is 2.75. The fourth-order valence-electron chi connectivity index (χ4n) is 1.90. The number of carbonyl (C=O) groups excluding carboxylic acids is 1. The minimum absolute atomic E-state index is 0.107. The van der Waals surface area contributed by atoms with E-state index in [0.717, 1.165) is 5.39 Å². The van der Waals surface area contributed by atoms with Gasteiger partial charge in [0.2, 0.25) is 0 Å². The Kier molecular flexibility index (Phi) is 3.28. The highest BCUT2D eigenvalue weighted by Gasteiger charge is 2.15. The molecular formula is C14H12O4. The third kappa shape index (κ3) is 2.32. The summed E-state index contributed by atoms with van der Waals surface area (Å²) in [6.45, 7) is 0. The summed E-state index contributed by atoms with van der Waals surface area (Å²) >= 11 is 0. The van der Waals surface area contributed by atoms with E-state index in [2.05, 4.69) is 0 Å². The van der Waals surface area contributed by atoms with Gasteiger partial charge in [-0.1, -0.05) is 30.3 Å². The fourth-order valence-corrected chi connectivity index (χ4v) is 1.90. The van der Waals surface area contributed by atoms with E-state index in [0.29, 0.717) is 5.39 Å². The predicted molar refractivity (Wildman–Crippen MR) is 66.8 cm³/mol. The molecule has 2 aromatic carbocycles. The normalized spacial score (nSPS) is 10.4. The summed E-state index contributed by atoms with van der Waals surface area (Å²) in [5.74, 6) is -1.49. The standard InChI is InChI=1S/C14H12O4/c15-11-6-5-9-3-1-2-4-10(9)14(11)12(16)7-8-13(17)18/h1-6,15H,7-8H2,(H,17,18). The average Bonchev–Trinajstić information content (AvgIpc) is 2.36. The third-order valence-electron chi connectivity index (χ3n) is 2.75. The quantitative estimate of drug-likeness (QED) is 0.810. The first kappa shape index (κ1) is 12.1. The Morgan fingerprint density at radius 3 is 2.44 bits per heavy atom. The monoisotopic (exact) mass is 244 g/mol. The molecule has 0 aliphatic carbocycles. The lowest BCUT2D eigenvalue weighted by Gasteiger charge is -2.07. The zero-order valence-corrected chi connectivity index (χ0v) is 9.59. The first-order chi connectivity index (χ1) is 8.59. The Bertz CT molecular complexity index is 616. The zero-order valence-electron chi connectivity index (χ0n) is 9.59. The lowest BCUT2D eigenvalue weighted by Crippen LogP contribution is -2.04. The number of hydrogen-bond donors (Lipinski definition) is 2. The van der Waals surface area contributed by atoms with Gasteiger partial charge in [0.15, 0.2) is 5.78 Å². The maximum absolute atomic E-state index is 12.0. The van der Waals surface area contributed by atoms with Crippen molar-refractivity contribution in [3.05, 3.63) is 42.0 Å². The van der Waals surface area contributed by atoms with Crippen molar-refractivity contribution in [1.82, 2.24) is 0 Å². The van der Waals surface area contributed by atoms with Crippen LogP contribution < -0.4 is 0 Å². The van der Waals surface area contributed by atoms with Crippen molar-refractivity contribution in [1.29, 1.82) is 0 Å². The number of benzene rings is 2. The van der Waals surface area contributed by atoms with E-state index in [-0.39, 0.29) is 29.9 Å². The van der Waals surface area contributed by atoms with Crippen LogP contribution in [0.3, 0.4) is 0 Å². The molecule has 2 aromatic rings. The minimum atomic E-state index is -1.02. The highest BCUT2D eigenvalue weighted by atomic mass is 16.4. The minimum Gasteiger partial charge on any atom is -0.507 e. The molecule has 0 saturated heterocycles. The Hall–Kier alpha value is -2.36. The molecule has 0 aliphatic heterocycles. The van der Waals surface area contributed by atoms with Gasteiger partial charge in [-0.05, 0) is 16.8 Å². The van der Waals surface area contributed by atoms with Crippen molar-refractivity contribution < 1.29 is 19.8 Å². The topological polar surface area (TPSA) is 74.6 Å². The van der Waals surface area contributed by atoms with Crippen LogP contribution in [0.4, 0.5) is 0 Å². The number of phenolic OH excluding ortho intramolecular Hbond substituents is 1. The van der Waals surface area contributed by atoms with Gasteiger partial charge in [0.25, 0.3) is 0 Å². The first-order valence-electron chi connectivity index (χ1n) is 5.55. The van der Waals surface area contributed by atoms with Gasteiger partial charge in [0.1, 0.15) is 5.75 Å². The molecule has 0 fully saturated rings. The van der Waals surface area contributed by atoms with Gasteiger partial charge in [-0.15, -0.1) is 0 Å². The number of ketones is 1. The molecule has 0 aliphatic rings. The number of aliphatic carboxylic acids is 1. The molecule has 0 aromatic heterocycles. The number of carboxylic acid groups (broad SMARTS) is 1. The molecule has 2 N–H and O–H groups in total. The van der Waals surface area contributed by atoms with Gasteiger partial charge in [0.05, 0.1) is 12.0 Å². The number of hydrogen-bond acceptors (Lipinski definition) is 3. The molecular weight excluding hydrogens is 232 g/mol. The smallest absolute Gasteiger partial charge is 0.303 e. The number of carboxylic acids is 1. The lowest BCUT2D eigenvalue weighted by atomic mass is 9.98. The van der Waals surface area contributed by atoms with Gasteiger partial charge < -0.3 is 10.2 Å². The molecule has 0 bridgehead atoms. The highest BCUT2D eigenvalue weighted by molar-refractivity contribution is 6.10. The van der Waals surface area contributed by atoms with Crippen LogP contribution in [-0.4, -0.2) is 22.0 Å². The van der Waals surface area contributed by atoms with Crippen molar-refractivity contribution in [3.63, 3.8) is 0 Å². The predicted octanol–water partition coefficient (Wildman–Crippen LogP) is 2.59. The number of aromatic hydroxyl groups is 1. The Balaban J connectivity index is 2.45. The Morgan fingerprint density at radius 1 is 1.00 bits per heavy atom. The zero-order chi connectivity index (χ0) is 13.1. The summed E-state index contributed by atoms with van der Waals surface area (Å²) in [6.07, 6.45) is -0.349. The highest BCUT2D eigenvalue weighted by Crippen LogP contribution is 2.28. The van der Waals surface area contributed by atoms with E-state index < -0.39 is 5.97 Å². The second kappa shape index (κ2) is 4.87. The molecule has 0 radical (unpaired) electrons. The van der Waals surface area contributed by atoms with E-state index >= 15 is 0 Å². The number of fused-ring (bicyclic) bond motifs is 1. The number of phenols is 1. The van der Waals surface area contributed by atoms with E-state index in [4.69, 9.17) is 5.11 Å².